The van der Waals surface area contributed by atoms with E-state index in [1.54, 1.807) is 0 Å². The van der Waals surface area contributed by atoms with Crippen LogP contribution in [0.25, 0.3) is 0 Å². The molecule has 0 N–H and O–H groups in total. The molecule has 0 aromatic rings. The topological polar surface area (TPSA) is 17.1 Å². The number of halogens is 2. The molecule has 0 spiro atoms. The van der Waals surface area contributed by atoms with Gasteiger partial charge in [0.25, 0.3) is 0 Å². The molecular formula is C4H6Cl2OS. The smallest absolute Gasteiger partial charge is 0.156 e. The van der Waals surface area contributed by atoms with E-state index in [1.807, 2.05) is 0 Å². The van der Waals surface area contributed by atoms with Gasteiger partial charge in [0.05, 0.1) is 0 Å². The van der Waals surface area contributed by atoms with E-state index >= 15 is 0 Å². The summed E-state index contributed by atoms with van der Waals surface area (Å²) in [6.45, 7) is 0. The van der Waals surface area contributed by atoms with Gasteiger partial charge < -0.3 is 0 Å². The van der Waals surface area contributed by atoms with Crippen LogP contribution in [-0.2, 0) is 9.52 Å². The summed E-state index contributed by atoms with van der Waals surface area (Å²) >= 11 is 10.3. The molecule has 0 saturated heterocycles. The molecule has 0 aliphatic heterocycles. The molecule has 0 heterocycles. The van der Waals surface area contributed by atoms with Crippen LogP contribution in [0.1, 0.15) is 0 Å². The fourth-order valence-electron chi connectivity index (χ4n) is 0.186. The van der Waals surface area contributed by atoms with Crippen LogP contribution in [0.2, 0.25) is 0 Å². The first-order valence-electron chi connectivity index (χ1n) is 1.82. The highest BCUT2D eigenvalue weighted by Crippen LogP contribution is 1.99. The molecule has 0 unspecified atom stereocenters. The quantitative estimate of drug-likeness (QED) is 0.504. The van der Waals surface area contributed by atoms with Crippen LogP contribution in [-0.4, -0.2) is 21.7 Å². The molecule has 0 rings (SSSR count). The third-order valence-corrected chi connectivity index (χ3v) is 1.43. The van der Waals surface area contributed by atoms with Crippen molar-refractivity contribution in [2.75, 3.05) is 12.5 Å². The summed E-state index contributed by atoms with van der Waals surface area (Å²) in [7, 11) is -2.02. The van der Waals surface area contributed by atoms with Crippen molar-refractivity contribution >= 4 is 37.7 Å². The summed E-state index contributed by atoms with van der Waals surface area (Å²) in [5.74, 6) is 0. The van der Waals surface area contributed by atoms with Gasteiger partial charge in [0.1, 0.15) is 0 Å². The Morgan fingerprint density at radius 2 is 1.88 bits per heavy atom. The average Bonchev–Trinajstić information content (AvgIpc) is 1.21. The van der Waals surface area contributed by atoms with Crippen molar-refractivity contribution in [1.29, 1.82) is 0 Å². The third kappa shape index (κ3) is 6.38. The number of hydrogen-bond acceptors (Lipinski definition) is 1. The Morgan fingerprint density at radius 3 is 1.88 bits per heavy atom. The van der Waals surface area contributed by atoms with Gasteiger partial charge in [0, 0.05) is 22.0 Å². The van der Waals surface area contributed by atoms with E-state index in [4.69, 9.17) is 23.2 Å². The van der Waals surface area contributed by atoms with Gasteiger partial charge in [0.2, 0.25) is 0 Å². The van der Waals surface area contributed by atoms with E-state index in [2.05, 4.69) is 5.02 Å². The Kier molecular flexibility index (Phi) is 2.92. The monoisotopic (exact) mass is 172 g/mol. The molecule has 0 fully saturated rings. The SMILES string of the molecule is CS(C)(=O)=C=C(Cl)Cl. The summed E-state index contributed by atoms with van der Waals surface area (Å²) in [5, 5.41) is 2.36. The van der Waals surface area contributed by atoms with Gasteiger partial charge in [-0.15, -0.1) is 0 Å². The van der Waals surface area contributed by atoms with Gasteiger partial charge >= 0.3 is 0 Å². The first kappa shape index (κ1) is 8.38. The first-order valence-corrected chi connectivity index (χ1v) is 4.95. The van der Waals surface area contributed by atoms with E-state index in [-0.39, 0.29) is 4.49 Å². The highest BCUT2D eigenvalue weighted by Gasteiger charge is 1.83. The van der Waals surface area contributed by atoms with Crippen molar-refractivity contribution in [2.24, 2.45) is 0 Å². The molecule has 0 saturated carbocycles. The van der Waals surface area contributed by atoms with E-state index in [1.165, 1.54) is 12.5 Å². The van der Waals surface area contributed by atoms with Crippen LogP contribution < -0.4 is 0 Å². The second kappa shape index (κ2) is 2.79. The second-order valence-electron chi connectivity index (χ2n) is 1.60. The molecule has 0 amide bonds. The molecule has 0 atom stereocenters. The largest absolute Gasteiger partial charge is 0.260 e. The Bertz CT molecular complexity index is 206. The fraction of sp³-hybridized carbons (Fsp3) is 0.500. The van der Waals surface area contributed by atoms with Crippen molar-refractivity contribution in [3.8, 4) is 0 Å². The lowest BCUT2D eigenvalue weighted by molar-refractivity contribution is 0.688. The van der Waals surface area contributed by atoms with Crippen LogP contribution in [0.15, 0.2) is 4.49 Å². The van der Waals surface area contributed by atoms with Crippen molar-refractivity contribution < 1.29 is 4.21 Å². The zero-order valence-corrected chi connectivity index (χ0v) is 6.90. The molecule has 48 valence electrons. The maximum Gasteiger partial charge on any atom is 0.156 e. The Hall–Kier alpha value is 0.380. The standard InChI is InChI=1S/C4H6Cl2OS/c1-8(2,7)3-4(5)6/h1-2H3. The van der Waals surface area contributed by atoms with E-state index in [0.717, 1.165) is 0 Å². The molecule has 0 aromatic heterocycles. The zero-order chi connectivity index (χ0) is 6.78. The van der Waals surface area contributed by atoms with Crippen LogP contribution >= 0.6 is 23.2 Å². The first-order chi connectivity index (χ1) is 3.42. The Morgan fingerprint density at radius 1 is 1.50 bits per heavy atom. The predicted octanol–water partition coefficient (Wildman–Crippen LogP) is 1.25. The molecule has 4 heteroatoms. The van der Waals surface area contributed by atoms with Crippen LogP contribution in [0.3, 0.4) is 0 Å². The minimum absolute atomic E-state index is 0.0556. The molecule has 0 aliphatic rings. The summed E-state index contributed by atoms with van der Waals surface area (Å²) < 4.78 is 10.6. The van der Waals surface area contributed by atoms with Gasteiger partial charge in [-0.25, -0.2) is 0 Å². The molecule has 0 radical (unpaired) electrons. The highest BCUT2D eigenvalue weighted by atomic mass is 35.5. The Balaban J connectivity index is 4.97. The van der Waals surface area contributed by atoms with E-state index in [9.17, 15) is 4.21 Å². The summed E-state index contributed by atoms with van der Waals surface area (Å²) in [5.41, 5.74) is 0. The minimum Gasteiger partial charge on any atom is -0.260 e. The maximum atomic E-state index is 10.7. The summed E-state index contributed by atoms with van der Waals surface area (Å²) in [6, 6.07) is 0. The summed E-state index contributed by atoms with van der Waals surface area (Å²) in [4.78, 5) is 0. The maximum absolute atomic E-state index is 10.7. The van der Waals surface area contributed by atoms with Gasteiger partial charge in [-0.05, 0) is 5.02 Å². The van der Waals surface area contributed by atoms with E-state index < -0.39 is 9.52 Å². The molecule has 1 nitrogen and oxygen atoms in total. The number of rotatable bonds is 0. The zero-order valence-electron chi connectivity index (χ0n) is 4.57. The second-order valence-corrected chi connectivity index (χ2v) is 5.22. The Labute approximate surface area is 59.3 Å². The van der Waals surface area contributed by atoms with Crippen LogP contribution in [0.4, 0.5) is 0 Å². The third-order valence-electron chi connectivity index (χ3n) is 0.323. The van der Waals surface area contributed by atoms with Gasteiger partial charge in [0.15, 0.2) is 4.49 Å². The van der Waals surface area contributed by atoms with Crippen molar-refractivity contribution in [3.05, 3.63) is 4.49 Å². The average molecular weight is 173 g/mol. The van der Waals surface area contributed by atoms with Crippen LogP contribution in [0.5, 0.6) is 0 Å². The van der Waals surface area contributed by atoms with Gasteiger partial charge in [-0.3, -0.25) is 4.21 Å². The van der Waals surface area contributed by atoms with Crippen molar-refractivity contribution in [3.63, 3.8) is 0 Å². The molecule has 0 bridgehead atoms. The number of hydrogen-bond donors (Lipinski definition) is 0. The van der Waals surface area contributed by atoms with Crippen molar-refractivity contribution in [2.45, 2.75) is 0 Å². The van der Waals surface area contributed by atoms with Gasteiger partial charge in [-0.1, -0.05) is 23.2 Å². The lowest BCUT2D eigenvalue weighted by Gasteiger charge is -1.82. The molecular weight excluding hydrogens is 167 g/mol. The fourth-order valence-corrected chi connectivity index (χ4v) is 1.67. The molecule has 0 aliphatic carbocycles. The molecule has 8 heavy (non-hydrogen) atoms. The lowest BCUT2D eigenvalue weighted by Crippen LogP contribution is -1.90. The normalized spacial score (nSPS) is 10.5. The van der Waals surface area contributed by atoms with E-state index in [0.29, 0.717) is 0 Å². The minimum atomic E-state index is -2.02. The highest BCUT2D eigenvalue weighted by molar-refractivity contribution is 7.99. The van der Waals surface area contributed by atoms with Crippen LogP contribution in [0, 0.1) is 0 Å². The lowest BCUT2D eigenvalue weighted by atomic mass is 11.2. The molecule has 0 aromatic carbocycles. The van der Waals surface area contributed by atoms with Crippen molar-refractivity contribution in [1.82, 2.24) is 0 Å². The van der Waals surface area contributed by atoms with Gasteiger partial charge in [-0.2, -0.15) is 0 Å². The summed E-state index contributed by atoms with van der Waals surface area (Å²) in [6.07, 6.45) is 3.02. The predicted molar refractivity (Wildman–Crippen MR) is 40.2 cm³/mol.